The van der Waals surface area contributed by atoms with E-state index < -0.39 is 0 Å². The Morgan fingerprint density at radius 2 is 0.938 bits per heavy atom. The number of hydrogen-bond donors (Lipinski definition) is 0. The van der Waals surface area contributed by atoms with Crippen LogP contribution in [0.2, 0.25) is 0 Å². The molecule has 0 atom stereocenters. The van der Waals surface area contributed by atoms with Gasteiger partial charge in [-0.15, -0.1) is 0 Å². The van der Waals surface area contributed by atoms with E-state index in [1.54, 1.807) is 0 Å². The molecule has 0 bridgehead atoms. The van der Waals surface area contributed by atoms with Crippen LogP contribution in [0.3, 0.4) is 0 Å². The highest BCUT2D eigenvalue weighted by molar-refractivity contribution is 6.09. The first-order chi connectivity index (χ1) is 23.8. The van der Waals surface area contributed by atoms with Crippen molar-refractivity contribution in [2.75, 3.05) is 4.90 Å². The zero-order valence-electron chi connectivity index (χ0n) is 26.4. The minimum absolute atomic E-state index is 1.11. The minimum atomic E-state index is 1.11. The van der Waals surface area contributed by atoms with Crippen LogP contribution in [0.1, 0.15) is 0 Å². The molecular formula is C46H32N2. The summed E-state index contributed by atoms with van der Waals surface area (Å²) in [5.74, 6) is 0. The maximum absolute atomic E-state index is 2.48. The van der Waals surface area contributed by atoms with Gasteiger partial charge in [-0.3, -0.25) is 0 Å². The van der Waals surface area contributed by atoms with E-state index in [0.717, 1.165) is 17.1 Å². The highest BCUT2D eigenvalue weighted by Crippen LogP contribution is 2.47. The zero-order chi connectivity index (χ0) is 31.9. The first kappa shape index (κ1) is 27.9. The van der Waals surface area contributed by atoms with Gasteiger partial charge in [0, 0.05) is 33.1 Å². The molecule has 9 aromatic rings. The Kier molecular flexibility index (Phi) is 6.84. The molecule has 2 heteroatoms. The third-order valence-corrected chi connectivity index (χ3v) is 9.35. The molecule has 1 heterocycles. The second kappa shape index (κ2) is 11.8. The van der Waals surface area contributed by atoms with Gasteiger partial charge in [0.05, 0.1) is 22.6 Å². The average molecular weight is 613 g/mol. The number of nitrogens with zero attached hydrogens (tertiary/aromatic N) is 2. The summed E-state index contributed by atoms with van der Waals surface area (Å²) in [5.41, 5.74) is 10.5. The van der Waals surface area contributed by atoms with Crippen LogP contribution in [0.15, 0.2) is 194 Å². The van der Waals surface area contributed by atoms with Crippen molar-refractivity contribution in [1.29, 1.82) is 0 Å². The molecule has 0 spiro atoms. The molecule has 0 aliphatic carbocycles. The Balaban J connectivity index is 1.41. The van der Waals surface area contributed by atoms with Gasteiger partial charge in [-0.2, -0.15) is 0 Å². The lowest BCUT2D eigenvalue weighted by Gasteiger charge is -2.27. The summed E-state index contributed by atoms with van der Waals surface area (Å²) in [6.45, 7) is 0. The van der Waals surface area contributed by atoms with E-state index in [1.165, 1.54) is 60.5 Å². The normalized spacial score (nSPS) is 11.3. The summed E-state index contributed by atoms with van der Waals surface area (Å²) in [6.07, 6.45) is 0. The Hall–Kier alpha value is -6.38. The van der Waals surface area contributed by atoms with E-state index in [-0.39, 0.29) is 0 Å². The molecule has 0 N–H and O–H groups in total. The van der Waals surface area contributed by atoms with Gasteiger partial charge in [-0.25, -0.2) is 0 Å². The molecule has 0 radical (unpaired) electrons. The summed E-state index contributed by atoms with van der Waals surface area (Å²) >= 11 is 0. The summed E-state index contributed by atoms with van der Waals surface area (Å²) in [7, 11) is 0. The van der Waals surface area contributed by atoms with Crippen molar-refractivity contribution in [2.24, 2.45) is 0 Å². The van der Waals surface area contributed by atoms with Gasteiger partial charge in [0.15, 0.2) is 0 Å². The summed E-state index contributed by atoms with van der Waals surface area (Å²) < 4.78 is 2.48. The summed E-state index contributed by atoms with van der Waals surface area (Å²) in [4.78, 5) is 2.40. The van der Waals surface area contributed by atoms with Crippen molar-refractivity contribution < 1.29 is 0 Å². The van der Waals surface area contributed by atoms with E-state index in [9.17, 15) is 0 Å². The summed E-state index contributed by atoms with van der Waals surface area (Å²) in [6, 6.07) is 69.9. The van der Waals surface area contributed by atoms with E-state index >= 15 is 0 Å². The number of para-hydroxylation sites is 1. The van der Waals surface area contributed by atoms with Gasteiger partial charge in [-0.1, -0.05) is 152 Å². The maximum atomic E-state index is 2.48. The lowest BCUT2D eigenvalue weighted by molar-refractivity contribution is 1.15. The number of benzene rings is 8. The van der Waals surface area contributed by atoms with Crippen LogP contribution in [0, 0.1) is 0 Å². The van der Waals surface area contributed by atoms with E-state index in [2.05, 4.69) is 204 Å². The van der Waals surface area contributed by atoms with Crippen LogP contribution in [-0.4, -0.2) is 4.57 Å². The molecule has 1 aromatic heterocycles. The highest BCUT2D eigenvalue weighted by Gasteiger charge is 2.24. The first-order valence-corrected chi connectivity index (χ1v) is 16.5. The maximum Gasteiger partial charge on any atom is 0.0619 e. The predicted molar refractivity (Wildman–Crippen MR) is 204 cm³/mol. The molecule has 0 aliphatic heterocycles. The lowest BCUT2D eigenvalue weighted by Crippen LogP contribution is -2.10. The van der Waals surface area contributed by atoms with Gasteiger partial charge < -0.3 is 9.47 Å². The second-order valence-electron chi connectivity index (χ2n) is 12.2. The van der Waals surface area contributed by atoms with Crippen molar-refractivity contribution in [1.82, 2.24) is 4.57 Å². The average Bonchev–Trinajstić information content (AvgIpc) is 3.50. The third kappa shape index (κ3) is 4.66. The molecule has 0 fully saturated rings. The molecule has 2 nitrogen and oxygen atoms in total. The first-order valence-electron chi connectivity index (χ1n) is 16.5. The SMILES string of the molecule is c1ccc(-c2c(-c3ccccc3)n(-c3cccc4ccccc34)c3ccc(N(c4ccccc4)c4cccc5ccccc45)cc23)cc1. The molecule has 0 aliphatic rings. The van der Waals surface area contributed by atoms with Crippen LogP contribution in [0.5, 0.6) is 0 Å². The molecule has 0 amide bonds. The number of anilines is 3. The van der Waals surface area contributed by atoms with Crippen molar-refractivity contribution in [2.45, 2.75) is 0 Å². The van der Waals surface area contributed by atoms with E-state index in [0.29, 0.717) is 0 Å². The molecule has 0 saturated heterocycles. The van der Waals surface area contributed by atoms with Gasteiger partial charge >= 0.3 is 0 Å². The van der Waals surface area contributed by atoms with Gasteiger partial charge in [-0.05, 0) is 64.4 Å². The molecule has 226 valence electrons. The van der Waals surface area contributed by atoms with Gasteiger partial charge in [0.25, 0.3) is 0 Å². The molecule has 48 heavy (non-hydrogen) atoms. The Bertz CT molecular complexity index is 2540. The monoisotopic (exact) mass is 612 g/mol. The fourth-order valence-electron chi connectivity index (χ4n) is 7.25. The van der Waals surface area contributed by atoms with Gasteiger partial charge in [0.1, 0.15) is 0 Å². The van der Waals surface area contributed by atoms with Crippen LogP contribution in [0.4, 0.5) is 17.1 Å². The summed E-state index contributed by atoms with van der Waals surface area (Å²) in [5, 5.41) is 6.08. The van der Waals surface area contributed by atoms with Crippen molar-refractivity contribution in [3.8, 4) is 28.1 Å². The number of rotatable bonds is 6. The van der Waals surface area contributed by atoms with E-state index in [4.69, 9.17) is 0 Å². The smallest absolute Gasteiger partial charge is 0.0619 e. The fraction of sp³-hybridized carbons (Fsp3) is 0. The lowest BCUT2D eigenvalue weighted by atomic mass is 9.97. The molecule has 9 rings (SSSR count). The van der Waals surface area contributed by atoms with Crippen LogP contribution >= 0.6 is 0 Å². The van der Waals surface area contributed by atoms with Crippen LogP contribution < -0.4 is 4.90 Å². The Morgan fingerprint density at radius 3 is 1.67 bits per heavy atom. The second-order valence-corrected chi connectivity index (χ2v) is 12.2. The third-order valence-electron chi connectivity index (χ3n) is 9.35. The largest absolute Gasteiger partial charge is 0.310 e. The number of aromatic nitrogens is 1. The Morgan fingerprint density at radius 1 is 0.375 bits per heavy atom. The van der Waals surface area contributed by atoms with E-state index in [1.807, 2.05) is 0 Å². The standard InChI is InChI=1S/C46H32N2/c1-4-18-35(19-5-1)45-41-32-38(47(37-24-8-3-9-25-37)42-28-14-22-33-16-10-12-26-39(33)42)30-31-44(41)48(46(45)36-20-6-2-7-21-36)43-29-15-23-34-17-11-13-27-40(34)43/h1-32H. The van der Waals surface area contributed by atoms with Crippen LogP contribution in [-0.2, 0) is 0 Å². The minimum Gasteiger partial charge on any atom is -0.310 e. The van der Waals surface area contributed by atoms with Crippen LogP contribution in [0.25, 0.3) is 60.5 Å². The molecule has 0 unspecified atom stereocenters. The Labute approximate surface area is 280 Å². The molecule has 8 aromatic carbocycles. The fourth-order valence-corrected chi connectivity index (χ4v) is 7.25. The van der Waals surface area contributed by atoms with Crippen molar-refractivity contribution in [3.63, 3.8) is 0 Å². The molecule has 0 saturated carbocycles. The topological polar surface area (TPSA) is 8.17 Å². The quantitative estimate of drug-likeness (QED) is 0.181. The predicted octanol–water partition coefficient (Wildman–Crippen LogP) is 12.7. The van der Waals surface area contributed by atoms with Crippen molar-refractivity contribution in [3.05, 3.63) is 194 Å². The number of fused-ring (bicyclic) bond motifs is 3. The van der Waals surface area contributed by atoms with Crippen molar-refractivity contribution >= 4 is 49.5 Å². The highest BCUT2D eigenvalue weighted by atomic mass is 15.1. The number of hydrogen-bond acceptors (Lipinski definition) is 1. The van der Waals surface area contributed by atoms with Gasteiger partial charge in [0.2, 0.25) is 0 Å². The zero-order valence-corrected chi connectivity index (χ0v) is 26.4. The molecular weight excluding hydrogens is 581 g/mol.